The van der Waals surface area contributed by atoms with Gasteiger partial charge in [-0.05, 0) is 12.8 Å². The molecule has 0 aromatic rings. The molecule has 1 saturated carbocycles. The van der Waals surface area contributed by atoms with E-state index in [0.29, 0.717) is 6.04 Å². The van der Waals surface area contributed by atoms with Gasteiger partial charge in [0.2, 0.25) is 0 Å². The van der Waals surface area contributed by atoms with Crippen molar-refractivity contribution in [3.63, 3.8) is 0 Å². The van der Waals surface area contributed by atoms with Crippen molar-refractivity contribution in [1.29, 1.82) is 0 Å². The van der Waals surface area contributed by atoms with Crippen LogP contribution < -0.4 is 5.32 Å². The molecule has 0 aromatic heterocycles. The Morgan fingerprint density at radius 3 is 1.50 bits per heavy atom. The first kappa shape index (κ1) is 14.5. The van der Waals surface area contributed by atoms with Gasteiger partial charge < -0.3 is 5.32 Å². The lowest BCUT2D eigenvalue weighted by Gasteiger charge is -2.28. The highest BCUT2D eigenvalue weighted by Gasteiger charge is 2.16. The Bertz CT molecular complexity index is 65.4. The van der Waals surface area contributed by atoms with Crippen molar-refractivity contribution in [2.75, 3.05) is 0 Å². The zero-order valence-corrected chi connectivity index (χ0v) is 9.78. The van der Waals surface area contributed by atoms with E-state index in [4.69, 9.17) is 0 Å². The van der Waals surface area contributed by atoms with Crippen molar-refractivity contribution in [2.24, 2.45) is 0 Å². The van der Waals surface area contributed by atoms with Gasteiger partial charge in [0.15, 0.2) is 0 Å². The second-order valence-electron chi connectivity index (χ2n) is 2.95. The SMILES string of the molecule is CC.CC.CC(C)NC1CCC1. The van der Waals surface area contributed by atoms with Gasteiger partial charge in [0, 0.05) is 12.1 Å². The highest BCUT2D eigenvalue weighted by Crippen LogP contribution is 2.18. The van der Waals surface area contributed by atoms with Crippen LogP contribution in [0.3, 0.4) is 0 Å². The summed E-state index contributed by atoms with van der Waals surface area (Å²) in [6.07, 6.45) is 4.24. The van der Waals surface area contributed by atoms with Crippen molar-refractivity contribution in [3.8, 4) is 0 Å². The van der Waals surface area contributed by atoms with E-state index in [-0.39, 0.29) is 0 Å². The Balaban J connectivity index is 0. The molecule has 1 aliphatic carbocycles. The molecule has 1 N–H and O–H groups in total. The fourth-order valence-corrected chi connectivity index (χ4v) is 1.05. The molecule has 0 bridgehead atoms. The first-order valence-corrected chi connectivity index (χ1v) is 5.55. The molecular formula is C11H27N. The Morgan fingerprint density at radius 1 is 1.00 bits per heavy atom. The molecule has 0 atom stereocenters. The minimum atomic E-state index is 0.681. The quantitative estimate of drug-likeness (QED) is 0.673. The summed E-state index contributed by atoms with van der Waals surface area (Å²) in [7, 11) is 0. The number of hydrogen-bond acceptors (Lipinski definition) is 1. The average Bonchev–Trinajstić information content (AvgIpc) is 2.05. The summed E-state index contributed by atoms with van der Waals surface area (Å²) < 4.78 is 0. The predicted molar refractivity (Wildman–Crippen MR) is 58.6 cm³/mol. The van der Waals surface area contributed by atoms with E-state index in [0.717, 1.165) is 6.04 Å². The van der Waals surface area contributed by atoms with Crippen LogP contribution in [0.4, 0.5) is 0 Å². The summed E-state index contributed by atoms with van der Waals surface area (Å²) in [6.45, 7) is 12.4. The number of hydrogen-bond donors (Lipinski definition) is 1. The van der Waals surface area contributed by atoms with Gasteiger partial charge in [-0.2, -0.15) is 0 Å². The van der Waals surface area contributed by atoms with E-state index in [2.05, 4.69) is 19.2 Å². The molecule has 0 aliphatic heterocycles. The summed E-state index contributed by atoms with van der Waals surface area (Å²) in [5.41, 5.74) is 0. The lowest BCUT2D eigenvalue weighted by molar-refractivity contribution is 0.318. The maximum absolute atomic E-state index is 3.48. The molecule has 0 saturated heterocycles. The maximum Gasteiger partial charge on any atom is 0.00694 e. The van der Waals surface area contributed by atoms with E-state index in [1.54, 1.807) is 0 Å². The third-order valence-electron chi connectivity index (χ3n) is 1.67. The molecule has 1 heteroatoms. The minimum Gasteiger partial charge on any atom is -0.312 e. The van der Waals surface area contributed by atoms with Crippen LogP contribution in [0.1, 0.15) is 60.8 Å². The molecule has 1 rings (SSSR count). The molecule has 0 unspecified atom stereocenters. The molecule has 1 nitrogen and oxygen atoms in total. The van der Waals surface area contributed by atoms with Crippen LogP contribution in [0.2, 0.25) is 0 Å². The Labute approximate surface area is 78.9 Å². The normalized spacial score (nSPS) is 15.2. The van der Waals surface area contributed by atoms with Crippen molar-refractivity contribution in [3.05, 3.63) is 0 Å². The summed E-state index contributed by atoms with van der Waals surface area (Å²) in [4.78, 5) is 0. The summed E-state index contributed by atoms with van der Waals surface area (Å²) in [5, 5.41) is 3.48. The van der Waals surface area contributed by atoms with E-state index in [9.17, 15) is 0 Å². The van der Waals surface area contributed by atoms with E-state index >= 15 is 0 Å². The summed E-state index contributed by atoms with van der Waals surface area (Å²) >= 11 is 0. The van der Waals surface area contributed by atoms with Gasteiger partial charge in [0.25, 0.3) is 0 Å². The smallest absolute Gasteiger partial charge is 0.00694 e. The Kier molecular flexibility index (Phi) is 13.2. The fraction of sp³-hybridized carbons (Fsp3) is 1.00. The minimum absolute atomic E-state index is 0.681. The van der Waals surface area contributed by atoms with Crippen LogP contribution >= 0.6 is 0 Å². The van der Waals surface area contributed by atoms with Crippen LogP contribution in [0.5, 0.6) is 0 Å². The highest BCUT2D eigenvalue weighted by atomic mass is 14.9. The van der Waals surface area contributed by atoms with Crippen molar-refractivity contribution in [1.82, 2.24) is 5.32 Å². The van der Waals surface area contributed by atoms with Gasteiger partial charge in [-0.15, -0.1) is 0 Å². The highest BCUT2D eigenvalue weighted by molar-refractivity contribution is 4.77. The van der Waals surface area contributed by atoms with Crippen LogP contribution in [0.15, 0.2) is 0 Å². The second-order valence-corrected chi connectivity index (χ2v) is 2.95. The van der Waals surface area contributed by atoms with E-state index in [1.165, 1.54) is 19.3 Å². The van der Waals surface area contributed by atoms with Gasteiger partial charge in [-0.25, -0.2) is 0 Å². The average molecular weight is 173 g/mol. The van der Waals surface area contributed by atoms with Crippen molar-refractivity contribution in [2.45, 2.75) is 72.9 Å². The molecule has 1 fully saturated rings. The molecule has 0 heterocycles. The molecular weight excluding hydrogens is 146 g/mol. The third kappa shape index (κ3) is 8.06. The number of nitrogens with one attached hydrogen (secondary N) is 1. The molecule has 0 aromatic carbocycles. The van der Waals surface area contributed by atoms with Crippen LogP contribution in [0, 0.1) is 0 Å². The molecule has 76 valence electrons. The number of rotatable bonds is 2. The molecule has 0 radical (unpaired) electrons. The monoisotopic (exact) mass is 173 g/mol. The Morgan fingerprint density at radius 2 is 1.42 bits per heavy atom. The maximum atomic E-state index is 3.48. The summed E-state index contributed by atoms with van der Waals surface area (Å²) in [5.74, 6) is 0. The first-order valence-electron chi connectivity index (χ1n) is 5.55. The van der Waals surface area contributed by atoms with Gasteiger partial charge >= 0.3 is 0 Å². The van der Waals surface area contributed by atoms with E-state index in [1.807, 2.05) is 27.7 Å². The zero-order chi connectivity index (χ0) is 9.98. The van der Waals surface area contributed by atoms with Crippen LogP contribution in [-0.4, -0.2) is 12.1 Å². The second kappa shape index (κ2) is 11.0. The molecule has 0 amide bonds. The first-order chi connectivity index (χ1) is 5.79. The molecule has 0 spiro atoms. The van der Waals surface area contributed by atoms with Gasteiger partial charge in [0.1, 0.15) is 0 Å². The summed E-state index contributed by atoms with van der Waals surface area (Å²) in [6, 6.07) is 1.54. The standard InChI is InChI=1S/C7H15N.2C2H6/c1-6(2)8-7-4-3-5-7;2*1-2/h6-8H,3-5H2,1-2H3;2*1-2H3. The predicted octanol–water partition coefficient (Wildman–Crippen LogP) is 3.59. The van der Waals surface area contributed by atoms with Crippen LogP contribution in [0.25, 0.3) is 0 Å². The lowest BCUT2D eigenvalue weighted by Crippen LogP contribution is -2.39. The lowest BCUT2D eigenvalue weighted by atomic mass is 9.93. The van der Waals surface area contributed by atoms with E-state index < -0.39 is 0 Å². The van der Waals surface area contributed by atoms with Gasteiger partial charge in [-0.3, -0.25) is 0 Å². The van der Waals surface area contributed by atoms with Crippen LogP contribution in [-0.2, 0) is 0 Å². The molecule has 1 aliphatic rings. The van der Waals surface area contributed by atoms with Gasteiger partial charge in [0.05, 0.1) is 0 Å². The molecule has 12 heavy (non-hydrogen) atoms. The topological polar surface area (TPSA) is 12.0 Å². The van der Waals surface area contributed by atoms with Crippen molar-refractivity contribution >= 4 is 0 Å². The van der Waals surface area contributed by atoms with Gasteiger partial charge in [-0.1, -0.05) is 48.0 Å². The third-order valence-corrected chi connectivity index (χ3v) is 1.67. The fourth-order valence-electron chi connectivity index (χ4n) is 1.05. The largest absolute Gasteiger partial charge is 0.312 e. The Hall–Kier alpha value is -0.0400. The van der Waals surface area contributed by atoms with Crippen molar-refractivity contribution < 1.29 is 0 Å². The zero-order valence-electron chi connectivity index (χ0n) is 9.78.